The molecule has 2 aromatic rings. The van der Waals surface area contributed by atoms with Crippen LogP contribution in [0, 0.1) is 0 Å². The van der Waals surface area contributed by atoms with Gasteiger partial charge in [0.1, 0.15) is 5.75 Å². The first kappa shape index (κ1) is 22.8. The van der Waals surface area contributed by atoms with E-state index >= 15 is 0 Å². The second-order valence-electron chi connectivity index (χ2n) is 5.37. The Morgan fingerprint density at radius 1 is 1.14 bits per heavy atom. The van der Waals surface area contributed by atoms with Crippen LogP contribution in [0.3, 0.4) is 0 Å². The van der Waals surface area contributed by atoms with Crippen molar-refractivity contribution in [1.82, 2.24) is 0 Å². The number of amides is 2. The van der Waals surface area contributed by atoms with E-state index in [0.717, 1.165) is 12.1 Å². The van der Waals surface area contributed by atoms with E-state index in [4.69, 9.17) is 27.9 Å². The normalized spacial score (nSPS) is 12.1. The molecule has 2 amide bonds. The number of halogens is 6. The number of carbonyl (C=O) groups excluding carboxylic acids is 1. The second-order valence-corrected chi connectivity index (χ2v) is 6.18. The molecule has 0 unspecified atom stereocenters. The lowest BCUT2D eigenvalue weighted by Gasteiger charge is -2.16. The smallest absolute Gasteiger partial charge is 0.461 e. The Labute approximate surface area is 173 Å². The Kier molecular flexibility index (Phi) is 7.69. The van der Waals surface area contributed by atoms with Gasteiger partial charge in [0.05, 0.1) is 22.2 Å². The number of aliphatic imine (C=N–C) groups is 1. The summed E-state index contributed by atoms with van der Waals surface area (Å²) in [6.45, 7) is 1.85. The number of ether oxygens (including phenoxy) is 2. The Morgan fingerprint density at radius 3 is 2.24 bits per heavy atom. The van der Waals surface area contributed by atoms with Crippen molar-refractivity contribution < 1.29 is 31.8 Å². The Hall–Kier alpha value is -2.52. The van der Waals surface area contributed by atoms with Crippen molar-refractivity contribution in [3.8, 4) is 5.75 Å². The summed E-state index contributed by atoms with van der Waals surface area (Å²) >= 11 is 12.2. The highest BCUT2D eigenvalue weighted by Crippen LogP contribution is 2.28. The number of hydrogen-bond acceptors (Lipinski definition) is 3. The molecule has 1 N–H and O–H groups in total. The van der Waals surface area contributed by atoms with Gasteiger partial charge in [0, 0.05) is 5.69 Å². The highest BCUT2D eigenvalue weighted by atomic mass is 35.5. The predicted molar refractivity (Wildman–Crippen MR) is 102 cm³/mol. The Morgan fingerprint density at radius 2 is 1.72 bits per heavy atom. The third-order valence-corrected chi connectivity index (χ3v) is 3.90. The van der Waals surface area contributed by atoms with Gasteiger partial charge in [-0.1, -0.05) is 29.3 Å². The molecule has 0 saturated heterocycles. The monoisotopic (exact) mass is 452 g/mol. The van der Waals surface area contributed by atoms with Gasteiger partial charge in [-0.15, -0.1) is 0 Å². The van der Waals surface area contributed by atoms with E-state index in [9.17, 15) is 22.4 Å². The molecule has 0 fully saturated rings. The lowest BCUT2D eigenvalue weighted by atomic mass is 10.2. The van der Waals surface area contributed by atoms with Gasteiger partial charge in [-0.05, 0) is 43.3 Å². The first-order chi connectivity index (χ1) is 13.6. The number of rotatable bonds is 6. The number of carbonyl (C=O) groups is 1. The molecule has 2 rings (SSSR count). The number of nitrogens with one attached hydrogen (secondary N) is 1. The highest BCUT2D eigenvalue weighted by Gasteiger charge is 2.43. The van der Waals surface area contributed by atoms with Gasteiger partial charge in [0.25, 0.3) is 0 Å². The minimum Gasteiger partial charge on any atom is -0.477 e. The largest absolute Gasteiger partial charge is 0.477 e. The van der Waals surface area contributed by atoms with Crippen molar-refractivity contribution in [3.63, 3.8) is 0 Å². The van der Waals surface area contributed by atoms with Crippen molar-refractivity contribution in [2.45, 2.75) is 19.5 Å². The fourth-order valence-electron chi connectivity index (χ4n) is 2.05. The molecule has 0 bridgehead atoms. The van der Waals surface area contributed by atoms with Gasteiger partial charge in [-0.25, -0.2) is 4.79 Å². The van der Waals surface area contributed by atoms with Gasteiger partial charge >= 0.3 is 18.6 Å². The molecule has 0 aliphatic rings. The van der Waals surface area contributed by atoms with Crippen LogP contribution in [0.5, 0.6) is 5.75 Å². The summed E-state index contributed by atoms with van der Waals surface area (Å²) in [4.78, 5) is 16.0. The van der Waals surface area contributed by atoms with Crippen molar-refractivity contribution in [3.05, 3.63) is 58.1 Å². The summed E-state index contributed by atoms with van der Waals surface area (Å²) in [5.74, 6) is -0.619. The van der Waals surface area contributed by atoms with Gasteiger partial charge in [0.2, 0.25) is 5.90 Å². The third-order valence-electron chi connectivity index (χ3n) is 3.27. The summed E-state index contributed by atoms with van der Waals surface area (Å²) < 4.78 is 59.4. The SMILES string of the molecule is CCO/C(=N\C(=O)Nc1ccc(OC(F)(F)C(F)F)cc1)c1c(Cl)cccc1Cl. The van der Waals surface area contributed by atoms with E-state index in [0.29, 0.717) is 0 Å². The molecule has 2 aromatic carbocycles. The van der Waals surface area contributed by atoms with Gasteiger partial charge in [0.15, 0.2) is 0 Å². The first-order valence-corrected chi connectivity index (χ1v) is 8.81. The van der Waals surface area contributed by atoms with Gasteiger partial charge < -0.3 is 14.8 Å². The zero-order chi connectivity index (χ0) is 21.6. The first-order valence-electron chi connectivity index (χ1n) is 8.06. The van der Waals surface area contributed by atoms with Crippen LogP contribution in [0.15, 0.2) is 47.5 Å². The van der Waals surface area contributed by atoms with Crippen LogP contribution in [0.2, 0.25) is 10.0 Å². The molecule has 0 aliphatic carbocycles. The average Bonchev–Trinajstić information content (AvgIpc) is 2.63. The summed E-state index contributed by atoms with van der Waals surface area (Å²) in [7, 11) is 0. The summed E-state index contributed by atoms with van der Waals surface area (Å²) in [6.07, 6.45) is -8.61. The molecule has 0 atom stereocenters. The molecule has 11 heteroatoms. The van der Waals surface area contributed by atoms with Crippen LogP contribution in [-0.2, 0) is 4.74 Å². The quantitative estimate of drug-likeness (QED) is 0.320. The number of urea groups is 1. The Bertz CT molecular complexity index is 873. The Balaban J connectivity index is 2.16. The maximum atomic E-state index is 12.9. The molecule has 0 aliphatic heterocycles. The number of benzene rings is 2. The topological polar surface area (TPSA) is 59.9 Å². The van der Waals surface area contributed by atoms with E-state index in [1.807, 2.05) is 0 Å². The standard InChI is InChI=1S/C18H14Cl2F4N2O3/c1-2-28-15(14-12(19)4-3-5-13(14)20)26-17(27)25-10-6-8-11(9-7-10)29-18(23,24)16(21)22/h3-9,16H,2H2,1H3,(H,25,27)/b26-15-. The highest BCUT2D eigenvalue weighted by molar-refractivity contribution is 6.39. The van der Waals surface area contributed by atoms with Crippen LogP contribution in [0.4, 0.5) is 28.0 Å². The summed E-state index contributed by atoms with van der Waals surface area (Å²) in [5, 5.41) is 2.81. The van der Waals surface area contributed by atoms with E-state index < -0.39 is 24.3 Å². The van der Waals surface area contributed by atoms with E-state index in [2.05, 4.69) is 15.0 Å². The van der Waals surface area contributed by atoms with E-state index in [1.54, 1.807) is 25.1 Å². The van der Waals surface area contributed by atoms with Crippen LogP contribution in [-0.4, -0.2) is 31.1 Å². The second kappa shape index (κ2) is 9.80. The molecule has 0 saturated carbocycles. The lowest BCUT2D eigenvalue weighted by molar-refractivity contribution is -0.253. The lowest BCUT2D eigenvalue weighted by Crippen LogP contribution is -2.33. The maximum Gasteiger partial charge on any atom is 0.461 e. The summed E-state index contributed by atoms with van der Waals surface area (Å²) in [6, 6.07) is 8.16. The van der Waals surface area contributed by atoms with Gasteiger partial charge in [-0.3, -0.25) is 0 Å². The van der Waals surface area contributed by atoms with Crippen LogP contribution >= 0.6 is 23.2 Å². The van der Waals surface area contributed by atoms with Crippen LogP contribution in [0.1, 0.15) is 12.5 Å². The predicted octanol–water partition coefficient (Wildman–Crippen LogP) is 6.25. The molecular formula is C18H14Cl2F4N2O3. The molecular weight excluding hydrogens is 439 g/mol. The minimum atomic E-state index is -4.63. The zero-order valence-corrected chi connectivity index (χ0v) is 16.3. The molecule has 0 radical (unpaired) electrons. The molecule has 0 spiro atoms. The number of alkyl halides is 4. The zero-order valence-electron chi connectivity index (χ0n) is 14.8. The molecule has 156 valence electrons. The number of anilines is 1. The van der Waals surface area contributed by atoms with Crippen LogP contribution < -0.4 is 10.1 Å². The van der Waals surface area contributed by atoms with Crippen molar-refractivity contribution in [2.24, 2.45) is 4.99 Å². The number of hydrogen-bond donors (Lipinski definition) is 1. The maximum absolute atomic E-state index is 12.9. The molecule has 29 heavy (non-hydrogen) atoms. The molecule has 0 heterocycles. The van der Waals surface area contributed by atoms with Crippen LogP contribution in [0.25, 0.3) is 0 Å². The fourth-order valence-corrected chi connectivity index (χ4v) is 2.61. The average molecular weight is 453 g/mol. The van der Waals surface area contributed by atoms with E-state index in [1.165, 1.54) is 12.1 Å². The molecule has 0 aromatic heterocycles. The van der Waals surface area contributed by atoms with Crippen molar-refractivity contribution in [1.29, 1.82) is 0 Å². The molecule has 5 nitrogen and oxygen atoms in total. The van der Waals surface area contributed by atoms with Crippen molar-refractivity contribution >= 4 is 40.8 Å². The van der Waals surface area contributed by atoms with E-state index in [-0.39, 0.29) is 33.8 Å². The third kappa shape index (κ3) is 6.23. The van der Waals surface area contributed by atoms with Gasteiger partial charge in [-0.2, -0.15) is 22.6 Å². The van der Waals surface area contributed by atoms with Crippen molar-refractivity contribution in [2.75, 3.05) is 11.9 Å². The fraction of sp³-hybridized carbons (Fsp3) is 0.222. The summed E-state index contributed by atoms with van der Waals surface area (Å²) in [5.41, 5.74) is 0.373. The number of nitrogens with zero attached hydrogens (tertiary/aromatic N) is 1. The minimum absolute atomic E-state index is 0.114.